The first-order valence-corrected chi connectivity index (χ1v) is 4.35. The van der Waals surface area contributed by atoms with E-state index in [4.69, 9.17) is 4.74 Å². The molecule has 5 nitrogen and oxygen atoms in total. The molecule has 1 aromatic rings. The van der Waals surface area contributed by atoms with Crippen LogP contribution in [0.25, 0.3) is 0 Å². The molecule has 72 valence electrons. The van der Waals surface area contributed by atoms with Crippen molar-refractivity contribution in [3.8, 4) is 6.01 Å². The van der Waals surface area contributed by atoms with Crippen LogP contribution in [0.1, 0.15) is 19.7 Å². The molecule has 0 saturated heterocycles. The number of nitrogens with zero attached hydrogens (tertiary/aromatic N) is 3. The molecule has 5 heteroatoms. The van der Waals surface area contributed by atoms with Gasteiger partial charge in [0.05, 0.1) is 6.61 Å². The van der Waals surface area contributed by atoms with Crippen molar-refractivity contribution in [1.29, 1.82) is 0 Å². The lowest BCUT2D eigenvalue weighted by Gasteiger charge is -2.04. The van der Waals surface area contributed by atoms with Gasteiger partial charge in [0, 0.05) is 13.5 Å². The third-order valence-corrected chi connectivity index (χ3v) is 1.47. The van der Waals surface area contributed by atoms with Gasteiger partial charge in [0.25, 0.3) is 0 Å². The summed E-state index contributed by atoms with van der Waals surface area (Å²) < 4.78 is 5.19. The Morgan fingerprint density at radius 3 is 2.54 bits per heavy atom. The van der Waals surface area contributed by atoms with Crippen molar-refractivity contribution in [3.63, 3.8) is 0 Å². The largest absolute Gasteiger partial charge is 0.464 e. The standard InChI is InChI=1S/C8H14N4O/c1-4-6-10-7(9-3)12-8(11-6)13-5-2/h4-5H2,1-3H3,(H,9,10,11,12). The van der Waals surface area contributed by atoms with Crippen LogP contribution in [0.2, 0.25) is 0 Å². The monoisotopic (exact) mass is 182 g/mol. The molecule has 0 spiro atoms. The van der Waals surface area contributed by atoms with Gasteiger partial charge in [0.15, 0.2) is 0 Å². The molecule has 0 amide bonds. The second-order valence-corrected chi connectivity index (χ2v) is 2.39. The van der Waals surface area contributed by atoms with Gasteiger partial charge >= 0.3 is 6.01 Å². The maximum Gasteiger partial charge on any atom is 0.321 e. The number of hydrogen-bond donors (Lipinski definition) is 1. The summed E-state index contributed by atoms with van der Waals surface area (Å²) in [5.41, 5.74) is 0. The summed E-state index contributed by atoms with van der Waals surface area (Å²) in [6, 6.07) is 0.388. The van der Waals surface area contributed by atoms with Gasteiger partial charge in [-0.1, -0.05) is 6.92 Å². The molecule has 0 aromatic carbocycles. The smallest absolute Gasteiger partial charge is 0.321 e. The van der Waals surface area contributed by atoms with Gasteiger partial charge < -0.3 is 10.1 Å². The van der Waals surface area contributed by atoms with E-state index in [1.807, 2.05) is 13.8 Å². The van der Waals surface area contributed by atoms with E-state index in [1.165, 1.54) is 0 Å². The van der Waals surface area contributed by atoms with E-state index in [0.717, 1.165) is 12.2 Å². The minimum atomic E-state index is 0.388. The fraction of sp³-hybridized carbons (Fsp3) is 0.625. The fourth-order valence-electron chi connectivity index (χ4n) is 0.862. The first-order valence-electron chi connectivity index (χ1n) is 4.35. The van der Waals surface area contributed by atoms with Gasteiger partial charge in [-0.3, -0.25) is 0 Å². The normalized spacial score (nSPS) is 9.77. The number of aromatic nitrogens is 3. The lowest BCUT2D eigenvalue weighted by molar-refractivity contribution is 0.310. The molecule has 0 saturated carbocycles. The van der Waals surface area contributed by atoms with Crippen LogP contribution in [0.15, 0.2) is 0 Å². The maximum atomic E-state index is 5.19. The van der Waals surface area contributed by atoms with Gasteiger partial charge in [0.1, 0.15) is 5.82 Å². The highest BCUT2D eigenvalue weighted by Gasteiger charge is 2.03. The predicted octanol–water partition coefficient (Wildman–Crippen LogP) is 0.874. The molecule has 1 N–H and O–H groups in total. The molecule has 1 heterocycles. The number of rotatable bonds is 4. The summed E-state index contributed by atoms with van der Waals surface area (Å²) in [5.74, 6) is 1.29. The molecule has 0 atom stereocenters. The minimum Gasteiger partial charge on any atom is -0.464 e. The third-order valence-electron chi connectivity index (χ3n) is 1.47. The Bertz CT molecular complexity index is 255. The zero-order valence-electron chi connectivity index (χ0n) is 8.16. The van der Waals surface area contributed by atoms with Crippen molar-refractivity contribution in [3.05, 3.63) is 5.82 Å². The summed E-state index contributed by atoms with van der Waals surface area (Å²) in [6.07, 6.45) is 0.775. The second kappa shape index (κ2) is 4.59. The summed E-state index contributed by atoms with van der Waals surface area (Å²) in [6.45, 7) is 4.45. The molecule has 1 rings (SSSR count). The summed E-state index contributed by atoms with van der Waals surface area (Å²) in [4.78, 5) is 12.3. The molecular weight excluding hydrogens is 168 g/mol. The van der Waals surface area contributed by atoms with E-state index in [-0.39, 0.29) is 0 Å². The van der Waals surface area contributed by atoms with Gasteiger partial charge in [-0.15, -0.1) is 0 Å². The van der Waals surface area contributed by atoms with E-state index in [1.54, 1.807) is 7.05 Å². The van der Waals surface area contributed by atoms with Crippen LogP contribution >= 0.6 is 0 Å². The Morgan fingerprint density at radius 2 is 2.00 bits per heavy atom. The Balaban J connectivity index is 2.93. The number of nitrogens with one attached hydrogen (secondary N) is 1. The predicted molar refractivity (Wildman–Crippen MR) is 49.9 cm³/mol. The molecule has 13 heavy (non-hydrogen) atoms. The van der Waals surface area contributed by atoms with Crippen molar-refractivity contribution in [2.45, 2.75) is 20.3 Å². The average Bonchev–Trinajstić information content (AvgIpc) is 2.17. The van der Waals surface area contributed by atoms with Gasteiger partial charge in [-0.25, -0.2) is 0 Å². The third kappa shape index (κ3) is 2.54. The van der Waals surface area contributed by atoms with E-state index in [9.17, 15) is 0 Å². The summed E-state index contributed by atoms with van der Waals surface area (Å²) in [7, 11) is 1.77. The molecule has 0 unspecified atom stereocenters. The van der Waals surface area contributed by atoms with E-state index in [2.05, 4.69) is 20.3 Å². The van der Waals surface area contributed by atoms with Gasteiger partial charge in [-0.05, 0) is 6.92 Å². The van der Waals surface area contributed by atoms with E-state index >= 15 is 0 Å². The highest BCUT2D eigenvalue weighted by atomic mass is 16.5. The number of ether oxygens (including phenoxy) is 1. The molecule has 0 aliphatic rings. The number of aryl methyl sites for hydroxylation is 1. The minimum absolute atomic E-state index is 0.388. The van der Waals surface area contributed by atoms with Crippen LogP contribution in [0.3, 0.4) is 0 Å². The van der Waals surface area contributed by atoms with Crippen LogP contribution in [-0.4, -0.2) is 28.6 Å². The average molecular weight is 182 g/mol. The molecule has 0 fully saturated rings. The molecule has 0 radical (unpaired) electrons. The molecule has 1 aromatic heterocycles. The van der Waals surface area contributed by atoms with Gasteiger partial charge in [-0.2, -0.15) is 15.0 Å². The zero-order chi connectivity index (χ0) is 9.68. The number of hydrogen-bond acceptors (Lipinski definition) is 5. The van der Waals surface area contributed by atoms with Crippen molar-refractivity contribution in [1.82, 2.24) is 15.0 Å². The SMILES string of the molecule is CCOc1nc(CC)nc(NC)n1. The summed E-state index contributed by atoms with van der Waals surface area (Å²) >= 11 is 0. The molecule has 0 aliphatic carbocycles. The van der Waals surface area contributed by atoms with Gasteiger partial charge in [0.2, 0.25) is 5.95 Å². The molecular formula is C8H14N4O. The maximum absolute atomic E-state index is 5.19. The van der Waals surface area contributed by atoms with Crippen LogP contribution in [-0.2, 0) is 6.42 Å². The highest BCUT2D eigenvalue weighted by Crippen LogP contribution is 2.07. The fourth-order valence-corrected chi connectivity index (χ4v) is 0.862. The summed E-state index contributed by atoms with van der Waals surface area (Å²) in [5, 5.41) is 2.86. The molecule has 0 aliphatic heterocycles. The van der Waals surface area contributed by atoms with Crippen LogP contribution in [0.4, 0.5) is 5.95 Å². The quantitative estimate of drug-likeness (QED) is 0.748. The van der Waals surface area contributed by atoms with E-state index < -0.39 is 0 Å². The van der Waals surface area contributed by atoms with Crippen molar-refractivity contribution in [2.75, 3.05) is 19.0 Å². The van der Waals surface area contributed by atoms with E-state index in [0.29, 0.717) is 18.6 Å². The van der Waals surface area contributed by atoms with Crippen LogP contribution in [0, 0.1) is 0 Å². The lowest BCUT2D eigenvalue weighted by Crippen LogP contribution is -2.06. The second-order valence-electron chi connectivity index (χ2n) is 2.39. The Hall–Kier alpha value is -1.39. The first-order chi connectivity index (χ1) is 6.30. The van der Waals surface area contributed by atoms with Crippen molar-refractivity contribution in [2.24, 2.45) is 0 Å². The topological polar surface area (TPSA) is 59.9 Å². The highest BCUT2D eigenvalue weighted by molar-refractivity contribution is 5.24. The van der Waals surface area contributed by atoms with Crippen molar-refractivity contribution < 1.29 is 4.74 Å². The van der Waals surface area contributed by atoms with Crippen LogP contribution in [0.5, 0.6) is 6.01 Å². The number of anilines is 1. The lowest BCUT2D eigenvalue weighted by atomic mass is 10.5. The van der Waals surface area contributed by atoms with Crippen molar-refractivity contribution >= 4 is 5.95 Å². The Morgan fingerprint density at radius 1 is 1.23 bits per heavy atom. The Labute approximate surface area is 77.6 Å². The molecule has 0 bridgehead atoms. The van der Waals surface area contributed by atoms with Crippen LogP contribution < -0.4 is 10.1 Å². The zero-order valence-corrected chi connectivity index (χ0v) is 8.16. The first kappa shape index (κ1) is 9.70. The Kier molecular flexibility index (Phi) is 3.42.